The van der Waals surface area contributed by atoms with E-state index >= 15 is 0 Å². The van der Waals surface area contributed by atoms with Crippen LogP contribution in [0.15, 0.2) is 46.9 Å². The normalized spacial score (nSPS) is 10.9. The third-order valence-electron chi connectivity index (χ3n) is 4.06. The van der Waals surface area contributed by atoms with E-state index in [9.17, 15) is 0 Å². The van der Waals surface area contributed by atoms with E-state index in [-0.39, 0.29) is 5.82 Å². The molecular formula is C19H14BrN7. The van der Waals surface area contributed by atoms with Crippen molar-refractivity contribution in [3.05, 3.63) is 63.9 Å². The molecule has 0 atom stereocenters. The highest BCUT2D eigenvalue weighted by Gasteiger charge is 2.17. The van der Waals surface area contributed by atoms with Gasteiger partial charge in [-0.15, -0.1) is 5.10 Å². The van der Waals surface area contributed by atoms with Crippen LogP contribution in [0.1, 0.15) is 17.0 Å². The third kappa shape index (κ3) is 3.25. The Morgan fingerprint density at radius 3 is 2.67 bits per heavy atom. The lowest BCUT2D eigenvalue weighted by Crippen LogP contribution is -2.05. The van der Waals surface area contributed by atoms with Crippen molar-refractivity contribution in [3.63, 3.8) is 0 Å². The molecule has 0 aliphatic heterocycles. The largest absolute Gasteiger partial charge is 0.382 e. The standard InChI is InChI=1S/C19H14BrN7/c1-11-4-2-7-14(23-11)10-27-25-17-15(20)16(24-19(22)18(17)26-27)13-6-3-5-12(8-13)9-21/h2-8H,10H2,1H3,(H2,22,24). The van der Waals surface area contributed by atoms with Gasteiger partial charge in [-0.2, -0.15) is 15.2 Å². The molecule has 0 bridgehead atoms. The Morgan fingerprint density at radius 2 is 1.89 bits per heavy atom. The summed E-state index contributed by atoms with van der Waals surface area (Å²) < 4.78 is 0.685. The number of aromatic nitrogens is 5. The fourth-order valence-electron chi connectivity index (χ4n) is 2.83. The van der Waals surface area contributed by atoms with Gasteiger partial charge in [-0.1, -0.05) is 18.2 Å². The molecule has 0 spiro atoms. The SMILES string of the molecule is Cc1cccc(Cn2nc3c(N)nc(-c4cccc(C#N)c4)c(Br)c3n2)n1. The molecule has 0 unspecified atom stereocenters. The Kier molecular flexibility index (Phi) is 4.30. The van der Waals surface area contributed by atoms with Gasteiger partial charge in [0.1, 0.15) is 12.1 Å². The van der Waals surface area contributed by atoms with Gasteiger partial charge in [-0.05, 0) is 47.1 Å². The first-order valence-corrected chi connectivity index (χ1v) is 8.97. The second kappa shape index (κ2) is 6.78. The molecule has 0 saturated carbocycles. The maximum absolute atomic E-state index is 9.13. The Hall–Kier alpha value is -3.31. The van der Waals surface area contributed by atoms with Gasteiger partial charge in [-0.3, -0.25) is 4.98 Å². The number of benzene rings is 1. The number of fused-ring (bicyclic) bond motifs is 1. The quantitative estimate of drug-likeness (QED) is 0.544. The molecule has 2 N–H and O–H groups in total. The van der Waals surface area contributed by atoms with Crippen LogP contribution in [-0.2, 0) is 6.54 Å². The minimum Gasteiger partial charge on any atom is -0.382 e. The van der Waals surface area contributed by atoms with Gasteiger partial charge in [0.15, 0.2) is 11.3 Å². The molecule has 8 heteroatoms. The molecule has 0 radical (unpaired) electrons. The van der Waals surface area contributed by atoms with Crippen LogP contribution in [0.3, 0.4) is 0 Å². The van der Waals surface area contributed by atoms with E-state index in [2.05, 4.69) is 42.2 Å². The monoisotopic (exact) mass is 419 g/mol. The van der Waals surface area contributed by atoms with Gasteiger partial charge in [0.25, 0.3) is 0 Å². The average molecular weight is 420 g/mol. The van der Waals surface area contributed by atoms with Crippen LogP contribution in [0.25, 0.3) is 22.3 Å². The number of hydrogen-bond donors (Lipinski definition) is 1. The summed E-state index contributed by atoms with van der Waals surface area (Å²) in [5.74, 6) is 0.286. The molecular weight excluding hydrogens is 406 g/mol. The fourth-order valence-corrected chi connectivity index (χ4v) is 3.42. The Morgan fingerprint density at radius 1 is 1.11 bits per heavy atom. The number of aryl methyl sites for hydroxylation is 1. The van der Waals surface area contributed by atoms with Crippen molar-refractivity contribution in [1.29, 1.82) is 5.26 Å². The molecule has 0 aliphatic rings. The van der Waals surface area contributed by atoms with Crippen LogP contribution in [0.5, 0.6) is 0 Å². The van der Waals surface area contributed by atoms with Gasteiger partial charge in [-0.25, -0.2) is 4.98 Å². The highest BCUT2D eigenvalue weighted by molar-refractivity contribution is 9.10. The zero-order chi connectivity index (χ0) is 19.0. The summed E-state index contributed by atoms with van der Waals surface area (Å²) in [7, 11) is 0. The van der Waals surface area contributed by atoms with Crippen LogP contribution in [0.2, 0.25) is 0 Å². The third-order valence-corrected chi connectivity index (χ3v) is 4.81. The second-order valence-corrected chi connectivity index (χ2v) is 6.84. The topological polar surface area (TPSA) is 106 Å². The van der Waals surface area contributed by atoms with E-state index < -0.39 is 0 Å². The van der Waals surface area contributed by atoms with Crippen molar-refractivity contribution < 1.29 is 0 Å². The Balaban J connectivity index is 1.81. The number of rotatable bonds is 3. The number of anilines is 1. The van der Waals surface area contributed by atoms with Gasteiger partial charge in [0, 0.05) is 11.3 Å². The summed E-state index contributed by atoms with van der Waals surface area (Å²) in [6, 6.07) is 15.1. The first-order valence-electron chi connectivity index (χ1n) is 8.18. The highest BCUT2D eigenvalue weighted by atomic mass is 79.9. The lowest BCUT2D eigenvalue weighted by Gasteiger charge is -2.06. The predicted molar refractivity (Wildman–Crippen MR) is 106 cm³/mol. The number of nitriles is 1. The van der Waals surface area contributed by atoms with E-state index in [0.29, 0.717) is 33.3 Å². The summed E-state index contributed by atoms with van der Waals surface area (Å²) >= 11 is 3.58. The molecule has 132 valence electrons. The molecule has 0 aliphatic carbocycles. The maximum Gasteiger partial charge on any atom is 0.156 e. The lowest BCUT2D eigenvalue weighted by atomic mass is 10.1. The number of nitrogen functional groups attached to an aromatic ring is 1. The van der Waals surface area contributed by atoms with Crippen molar-refractivity contribution in [2.24, 2.45) is 0 Å². The summed E-state index contributed by atoms with van der Waals surface area (Å²) in [6.07, 6.45) is 0. The van der Waals surface area contributed by atoms with Crippen molar-refractivity contribution >= 4 is 32.8 Å². The fraction of sp³-hybridized carbons (Fsp3) is 0.105. The lowest BCUT2D eigenvalue weighted by molar-refractivity contribution is 0.590. The molecule has 3 aromatic heterocycles. The molecule has 0 saturated heterocycles. The molecule has 3 heterocycles. The number of halogens is 1. The minimum absolute atomic E-state index is 0.286. The Labute approximate surface area is 163 Å². The molecule has 4 aromatic rings. The minimum atomic E-state index is 0.286. The van der Waals surface area contributed by atoms with Crippen molar-refractivity contribution in [3.8, 4) is 17.3 Å². The zero-order valence-corrected chi connectivity index (χ0v) is 16.0. The van der Waals surface area contributed by atoms with Crippen molar-refractivity contribution in [1.82, 2.24) is 25.0 Å². The van der Waals surface area contributed by atoms with E-state index in [1.807, 2.05) is 37.3 Å². The molecule has 1 aromatic carbocycles. The van der Waals surface area contributed by atoms with Gasteiger partial charge in [0.2, 0.25) is 0 Å². The summed E-state index contributed by atoms with van der Waals surface area (Å²) in [5, 5.41) is 18.2. The number of nitrogens with zero attached hydrogens (tertiary/aromatic N) is 6. The summed E-state index contributed by atoms with van der Waals surface area (Å²) in [4.78, 5) is 10.5. The number of nitrogens with two attached hydrogens (primary N) is 1. The average Bonchev–Trinajstić information content (AvgIpc) is 3.09. The van der Waals surface area contributed by atoms with E-state index in [0.717, 1.165) is 17.0 Å². The first-order chi connectivity index (χ1) is 13.0. The predicted octanol–water partition coefficient (Wildman–Crippen LogP) is 3.46. The molecule has 0 amide bonds. The number of hydrogen-bond acceptors (Lipinski definition) is 6. The second-order valence-electron chi connectivity index (χ2n) is 6.05. The zero-order valence-electron chi connectivity index (χ0n) is 14.4. The molecule has 27 heavy (non-hydrogen) atoms. The summed E-state index contributed by atoms with van der Waals surface area (Å²) in [6.45, 7) is 2.37. The maximum atomic E-state index is 9.13. The van der Waals surface area contributed by atoms with Crippen LogP contribution < -0.4 is 5.73 Å². The van der Waals surface area contributed by atoms with Gasteiger partial charge < -0.3 is 5.73 Å². The first kappa shape index (κ1) is 17.1. The van der Waals surface area contributed by atoms with Crippen LogP contribution >= 0.6 is 15.9 Å². The molecule has 7 nitrogen and oxygen atoms in total. The van der Waals surface area contributed by atoms with Gasteiger partial charge >= 0.3 is 0 Å². The highest BCUT2D eigenvalue weighted by Crippen LogP contribution is 2.34. The van der Waals surface area contributed by atoms with Gasteiger partial charge in [0.05, 0.1) is 27.5 Å². The van der Waals surface area contributed by atoms with Crippen molar-refractivity contribution in [2.45, 2.75) is 13.5 Å². The van der Waals surface area contributed by atoms with E-state index in [1.165, 1.54) is 0 Å². The smallest absolute Gasteiger partial charge is 0.156 e. The van der Waals surface area contributed by atoms with Crippen LogP contribution in [-0.4, -0.2) is 25.0 Å². The molecule has 0 fully saturated rings. The van der Waals surface area contributed by atoms with E-state index in [4.69, 9.17) is 11.0 Å². The summed E-state index contributed by atoms with van der Waals surface area (Å²) in [5.41, 5.74) is 11.0. The van der Waals surface area contributed by atoms with E-state index in [1.54, 1.807) is 16.9 Å². The van der Waals surface area contributed by atoms with Crippen molar-refractivity contribution in [2.75, 3.05) is 5.73 Å². The number of pyridine rings is 2. The van der Waals surface area contributed by atoms with Crippen LogP contribution in [0, 0.1) is 18.3 Å². The molecule has 4 rings (SSSR count). The Bertz CT molecular complexity index is 1210. The van der Waals surface area contributed by atoms with Crippen LogP contribution in [0.4, 0.5) is 5.82 Å².